The van der Waals surface area contributed by atoms with E-state index in [1.807, 2.05) is 0 Å². The Labute approximate surface area is 110 Å². The van der Waals surface area contributed by atoms with Crippen molar-refractivity contribution >= 4 is 0 Å². The van der Waals surface area contributed by atoms with Gasteiger partial charge in [0.15, 0.2) is 0 Å². The van der Waals surface area contributed by atoms with Crippen molar-refractivity contribution in [2.24, 2.45) is 0 Å². The van der Waals surface area contributed by atoms with Gasteiger partial charge in [0.25, 0.3) is 0 Å². The van der Waals surface area contributed by atoms with Gasteiger partial charge >= 0.3 is 0 Å². The van der Waals surface area contributed by atoms with Crippen LogP contribution in [0, 0.1) is 0 Å². The molecule has 0 amide bonds. The van der Waals surface area contributed by atoms with Crippen molar-refractivity contribution in [2.75, 3.05) is 6.61 Å². The maximum atomic E-state index is 10.4. The molecule has 0 saturated carbocycles. The van der Waals surface area contributed by atoms with Gasteiger partial charge < -0.3 is 35.4 Å². The molecular formula is C12H16O7. The fraction of sp³-hybridized carbons (Fsp3) is 0.500. The Balaban J connectivity index is 2.46. The molecule has 2 rings (SSSR count). The lowest BCUT2D eigenvalue weighted by Gasteiger charge is -2.45. The van der Waals surface area contributed by atoms with E-state index in [-0.39, 0.29) is 17.4 Å². The summed E-state index contributed by atoms with van der Waals surface area (Å²) in [6, 6.07) is 3.02. The molecule has 5 atom stereocenters. The van der Waals surface area contributed by atoms with Gasteiger partial charge in [0.05, 0.1) is 7.98 Å². The van der Waals surface area contributed by atoms with Crippen LogP contribution in [0.5, 0.6) is 5.75 Å². The van der Waals surface area contributed by atoms with Crippen LogP contribution in [0.15, 0.2) is 24.2 Å². The van der Waals surface area contributed by atoms with Gasteiger partial charge in [-0.25, -0.2) is 0 Å². The van der Waals surface area contributed by atoms with Crippen molar-refractivity contribution in [2.45, 2.75) is 30.2 Å². The van der Waals surface area contributed by atoms with Crippen molar-refractivity contribution in [1.29, 1.82) is 0 Å². The zero-order valence-corrected chi connectivity index (χ0v) is 9.84. The first-order valence-electron chi connectivity index (χ1n) is 6.16. The molecule has 0 bridgehead atoms. The molecule has 1 aliphatic heterocycles. The molecule has 19 heavy (non-hydrogen) atoms. The van der Waals surface area contributed by atoms with Crippen LogP contribution in [0.4, 0.5) is 0 Å². The Morgan fingerprint density at radius 2 is 1.89 bits per heavy atom. The summed E-state index contributed by atoms with van der Waals surface area (Å²) in [7, 11) is 0. The fourth-order valence-electron chi connectivity index (χ4n) is 2.02. The molecule has 1 unspecified atom stereocenters. The molecule has 0 aliphatic carbocycles. The zero-order chi connectivity index (χ0) is 15.1. The van der Waals surface area contributed by atoms with Crippen LogP contribution >= 0.6 is 0 Å². The second kappa shape index (κ2) is 5.04. The number of aromatic hydroxyl groups is 1. The Bertz CT molecular complexity index is 495. The summed E-state index contributed by atoms with van der Waals surface area (Å²) in [6.45, 7) is -0.696. The number of phenolic OH excluding ortho intramolecular Hbond substituents is 1. The molecule has 7 nitrogen and oxygen atoms in total. The van der Waals surface area contributed by atoms with Crippen LogP contribution in [0.25, 0.3) is 0 Å². The predicted octanol–water partition coefficient (Wildman–Crippen LogP) is -1.99. The minimum absolute atomic E-state index is 0.202. The van der Waals surface area contributed by atoms with Gasteiger partial charge in [0.1, 0.15) is 30.2 Å². The third-order valence-electron chi connectivity index (χ3n) is 3.15. The van der Waals surface area contributed by atoms with Crippen LogP contribution in [0.3, 0.4) is 0 Å². The minimum Gasteiger partial charge on any atom is -0.508 e. The number of rotatable bonds is 2. The van der Waals surface area contributed by atoms with Gasteiger partial charge in [-0.3, -0.25) is 0 Å². The molecule has 1 aromatic rings. The van der Waals surface area contributed by atoms with E-state index in [9.17, 15) is 25.5 Å². The number of aliphatic hydroxyl groups excluding tert-OH is 4. The van der Waals surface area contributed by atoms with Crippen LogP contribution in [0.1, 0.15) is 6.93 Å². The lowest BCUT2D eigenvalue weighted by molar-refractivity contribution is -0.357. The van der Waals surface area contributed by atoms with E-state index >= 15 is 0 Å². The summed E-state index contributed by atoms with van der Waals surface area (Å²) in [5.41, 5.74) is -0.202. The Hall–Kier alpha value is -1.22. The van der Waals surface area contributed by atoms with Crippen molar-refractivity contribution in [3.63, 3.8) is 0 Å². The lowest BCUT2D eigenvalue weighted by Crippen LogP contribution is -2.63. The number of ether oxygens (including phenoxy) is 1. The summed E-state index contributed by atoms with van der Waals surface area (Å²) in [5, 5.41) is 58.0. The standard InChI is InChI=1S/C12H16O7/c13-5-8-9(15)10(16)11(17)12(18,19-8)6-1-3-7(14)4-2-6/h1-4,8-11,13-18H,5H2/t8-,9-,10+,11-,12?/m1/s1/i1D. The molecular weight excluding hydrogens is 256 g/mol. The van der Waals surface area contributed by atoms with Gasteiger partial charge in [0.2, 0.25) is 5.79 Å². The molecule has 7 heteroatoms. The lowest BCUT2D eigenvalue weighted by atomic mass is 9.88. The fourth-order valence-corrected chi connectivity index (χ4v) is 2.02. The topological polar surface area (TPSA) is 131 Å². The molecule has 0 aromatic heterocycles. The molecule has 0 radical (unpaired) electrons. The quantitative estimate of drug-likeness (QED) is 0.368. The van der Waals surface area contributed by atoms with Crippen LogP contribution in [-0.4, -0.2) is 61.7 Å². The van der Waals surface area contributed by atoms with E-state index in [0.29, 0.717) is 0 Å². The van der Waals surface area contributed by atoms with Crippen molar-refractivity contribution in [3.05, 3.63) is 29.8 Å². The Morgan fingerprint density at radius 1 is 1.21 bits per heavy atom. The van der Waals surface area contributed by atoms with Crippen molar-refractivity contribution in [1.82, 2.24) is 0 Å². The summed E-state index contributed by atoms with van der Waals surface area (Å²) in [5.74, 6) is -2.69. The van der Waals surface area contributed by atoms with Gasteiger partial charge in [-0.1, -0.05) is 0 Å². The van der Waals surface area contributed by atoms with Crippen LogP contribution < -0.4 is 0 Å². The molecule has 0 spiro atoms. The highest BCUT2D eigenvalue weighted by Gasteiger charge is 2.53. The average molecular weight is 273 g/mol. The second-order valence-electron chi connectivity index (χ2n) is 4.42. The first-order chi connectivity index (χ1) is 9.31. The Morgan fingerprint density at radius 3 is 2.47 bits per heavy atom. The monoisotopic (exact) mass is 273 g/mol. The largest absolute Gasteiger partial charge is 0.508 e. The van der Waals surface area contributed by atoms with E-state index in [2.05, 4.69) is 0 Å². The maximum Gasteiger partial charge on any atom is 0.222 e. The van der Waals surface area contributed by atoms with E-state index < -0.39 is 36.8 Å². The predicted molar refractivity (Wildman–Crippen MR) is 62.0 cm³/mol. The third-order valence-corrected chi connectivity index (χ3v) is 3.15. The van der Waals surface area contributed by atoms with E-state index in [0.717, 1.165) is 12.1 Å². The average Bonchev–Trinajstić information content (AvgIpc) is 2.40. The summed E-state index contributed by atoms with van der Waals surface area (Å²) in [4.78, 5) is 0. The number of hydrogen-bond donors (Lipinski definition) is 6. The highest BCUT2D eigenvalue weighted by Crippen LogP contribution is 2.36. The molecule has 1 fully saturated rings. The van der Waals surface area contributed by atoms with Crippen LogP contribution in [0.2, 0.25) is 0 Å². The molecule has 106 valence electrons. The summed E-state index contributed by atoms with van der Waals surface area (Å²) in [6.07, 6.45) is -6.60. The third kappa shape index (κ3) is 2.32. The SMILES string of the molecule is [2H]c1cc(O)ccc1C1(O)O[C@H](CO)[C@@H](O)[C@H](O)[C@H]1O. The second-order valence-corrected chi connectivity index (χ2v) is 4.42. The van der Waals surface area contributed by atoms with E-state index in [4.69, 9.17) is 11.2 Å². The number of aliphatic hydroxyl groups is 5. The minimum atomic E-state index is -2.48. The highest BCUT2D eigenvalue weighted by atomic mass is 16.7. The zero-order valence-electron chi connectivity index (χ0n) is 10.8. The van der Waals surface area contributed by atoms with E-state index in [1.165, 1.54) is 6.07 Å². The van der Waals surface area contributed by atoms with Gasteiger partial charge in [-0.05, 0) is 24.2 Å². The Kier molecular flexibility index (Phi) is 3.40. The van der Waals surface area contributed by atoms with Gasteiger partial charge in [0, 0.05) is 5.56 Å². The van der Waals surface area contributed by atoms with Gasteiger partial charge in [-0.2, -0.15) is 0 Å². The molecule has 6 N–H and O–H groups in total. The smallest absolute Gasteiger partial charge is 0.222 e. The maximum absolute atomic E-state index is 10.4. The van der Waals surface area contributed by atoms with Crippen molar-refractivity contribution in [3.8, 4) is 5.75 Å². The molecule has 1 aliphatic rings. The highest BCUT2D eigenvalue weighted by molar-refractivity contribution is 5.30. The van der Waals surface area contributed by atoms with Gasteiger partial charge in [-0.15, -0.1) is 0 Å². The van der Waals surface area contributed by atoms with Crippen molar-refractivity contribution < 1.29 is 36.7 Å². The normalized spacial score (nSPS) is 39.9. The van der Waals surface area contributed by atoms with Crippen LogP contribution in [-0.2, 0) is 10.5 Å². The summed E-state index contributed by atoms with van der Waals surface area (Å²) < 4.78 is 12.8. The number of phenols is 1. The molecule has 1 aromatic carbocycles. The first-order valence-corrected chi connectivity index (χ1v) is 5.66. The first kappa shape index (κ1) is 12.8. The molecule has 1 saturated heterocycles. The summed E-state index contributed by atoms with van der Waals surface area (Å²) >= 11 is 0. The molecule has 1 heterocycles. The van der Waals surface area contributed by atoms with E-state index in [1.54, 1.807) is 0 Å². The number of hydrogen-bond acceptors (Lipinski definition) is 7. The number of benzene rings is 1.